The molecule has 1 atom stereocenters. The molecule has 0 saturated carbocycles. The van der Waals surface area contributed by atoms with E-state index in [9.17, 15) is 0 Å². The summed E-state index contributed by atoms with van der Waals surface area (Å²) in [6.45, 7) is 3.25. The van der Waals surface area contributed by atoms with Crippen molar-refractivity contribution in [2.24, 2.45) is 0 Å². The fraction of sp³-hybridized carbons (Fsp3) is 0.643. The van der Waals surface area contributed by atoms with Crippen LogP contribution >= 0.6 is 0 Å². The summed E-state index contributed by atoms with van der Waals surface area (Å²) in [7, 11) is 6.39. The third-order valence-electron chi connectivity index (χ3n) is 3.77. The van der Waals surface area contributed by atoms with Gasteiger partial charge in [0.05, 0.1) is 0 Å². The Kier molecular flexibility index (Phi) is 4.55. The number of likely N-dealkylation sites (tertiary alicyclic amines) is 1. The molecule has 0 aromatic carbocycles. The van der Waals surface area contributed by atoms with Crippen molar-refractivity contribution in [3.63, 3.8) is 0 Å². The van der Waals surface area contributed by atoms with E-state index in [4.69, 9.17) is 0 Å². The van der Waals surface area contributed by atoms with Gasteiger partial charge in [-0.3, -0.25) is 4.98 Å². The summed E-state index contributed by atoms with van der Waals surface area (Å²) in [6.07, 6.45) is 6.42. The van der Waals surface area contributed by atoms with E-state index < -0.39 is 0 Å². The van der Waals surface area contributed by atoms with Crippen molar-refractivity contribution >= 4 is 5.69 Å². The Balaban J connectivity index is 2.14. The lowest BCUT2D eigenvalue weighted by atomic mass is 10.0. The molecule has 1 aromatic rings. The van der Waals surface area contributed by atoms with Crippen LogP contribution < -0.4 is 10.2 Å². The van der Waals surface area contributed by atoms with Gasteiger partial charge in [-0.05, 0) is 39.5 Å². The second kappa shape index (κ2) is 6.16. The first-order valence-electron chi connectivity index (χ1n) is 6.71. The van der Waals surface area contributed by atoms with E-state index in [1.165, 1.54) is 30.6 Å². The van der Waals surface area contributed by atoms with Gasteiger partial charge in [0.25, 0.3) is 0 Å². The molecule has 1 aromatic heterocycles. The summed E-state index contributed by atoms with van der Waals surface area (Å²) < 4.78 is 0. The van der Waals surface area contributed by atoms with E-state index >= 15 is 0 Å². The minimum Gasteiger partial charge on any atom is -0.370 e. The molecule has 1 unspecified atom stereocenters. The fourth-order valence-electron chi connectivity index (χ4n) is 2.74. The van der Waals surface area contributed by atoms with Gasteiger partial charge in [0.1, 0.15) is 0 Å². The Morgan fingerprint density at radius 2 is 2.39 bits per heavy atom. The first-order valence-corrected chi connectivity index (χ1v) is 6.71. The van der Waals surface area contributed by atoms with Crippen molar-refractivity contribution < 1.29 is 0 Å². The van der Waals surface area contributed by atoms with Gasteiger partial charge >= 0.3 is 0 Å². The van der Waals surface area contributed by atoms with E-state index in [0.29, 0.717) is 6.04 Å². The molecule has 100 valence electrons. The van der Waals surface area contributed by atoms with Crippen LogP contribution in [0.1, 0.15) is 18.4 Å². The zero-order chi connectivity index (χ0) is 13.0. The molecule has 0 spiro atoms. The number of piperidine rings is 1. The maximum absolute atomic E-state index is 4.23. The molecule has 0 radical (unpaired) electrons. The Morgan fingerprint density at radius 1 is 1.56 bits per heavy atom. The monoisotopic (exact) mass is 248 g/mol. The number of hydrogen-bond acceptors (Lipinski definition) is 4. The third-order valence-corrected chi connectivity index (χ3v) is 3.77. The normalized spacial score (nSPS) is 20.9. The first-order chi connectivity index (χ1) is 8.72. The molecule has 1 fully saturated rings. The van der Waals surface area contributed by atoms with Crippen molar-refractivity contribution in [2.45, 2.75) is 25.4 Å². The molecule has 1 saturated heterocycles. The van der Waals surface area contributed by atoms with E-state index in [-0.39, 0.29) is 0 Å². The number of pyridine rings is 1. The Morgan fingerprint density at radius 3 is 3.11 bits per heavy atom. The fourth-order valence-corrected chi connectivity index (χ4v) is 2.74. The lowest BCUT2D eigenvalue weighted by Gasteiger charge is -2.37. The van der Waals surface area contributed by atoms with E-state index in [0.717, 1.165) is 13.1 Å². The van der Waals surface area contributed by atoms with Gasteiger partial charge in [-0.25, -0.2) is 0 Å². The molecule has 2 heterocycles. The summed E-state index contributed by atoms with van der Waals surface area (Å²) >= 11 is 0. The van der Waals surface area contributed by atoms with Crippen molar-refractivity contribution in [1.82, 2.24) is 15.2 Å². The predicted molar refractivity (Wildman–Crippen MR) is 75.9 cm³/mol. The van der Waals surface area contributed by atoms with Crippen molar-refractivity contribution in [1.29, 1.82) is 0 Å². The van der Waals surface area contributed by atoms with Gasteiger partial charge in [-0.2, -0.15) is 0 Å². The van der Waals surface area contributed by atoms with Crippen LogP contribution in [0, 0.1) is 0 Å². The van der Waals surface area contributed by atoms with Crippen molar-refractivity contribution in [2.75, 3.05) is 39.1 Å². The van der Waals surface area contributed by atoms with Crippen LogP contribution in [-0.4, -0.2) is 50.2 Å². The van der Waals surface area contributed by atoms with Gasteiger partial charge in [-0.15, -0.1) is 0 Å². The Labute approximate surface area is 110 Å². The van der Waals surface area contributed by atoms with E-state index in [1.54, 1.807) is 0 Å². The average Bonchev–Trinajstić information content (AvgIpc) is 2.39. The summed E-state index contributed by atoms with van der Waals surface area (Å²) in [5.41, 5.74) is 2.58. The standard InChI is InChI=1S/C14H24N4/c1-15-9-12-10-16-7-6-14(12)18(3)13-5-4-8-17(2)11-13/h6-7,10,13,15H,4-5,8-9,11H2,1-3H3. The number of aromatic nitrogens is 1. The number of hydrogen-bond donors (Lipinski definition) is 1. The SMILES string of the molecule is CNCc1cnccc1N(C)C1CCCN(C)C1. The maximum Gasteiger partial charge on any atom is 0.0443 e. The first kappa shape index (κ1) is 13.3. The predicted octanol–water partition coefficient (Wildman–Crippen LogP) is 1.33. The number of anilines is 1. The minimum absolute atomic E-state index is 0.613. The zero-order valence-corrected chi connectivity index (χ0v) is 11.7. The highest BCUT2D eigenvalue weighted by molar-refractivity contribution is 5.52. The topological polar surface area (TPSA) is 31.4 Å². The van der Waals surface area contributed by atoms with Crippen LogP contribution in [0.5, 0.6) is 0 Å². The third kappa shape index (κ3) is 3.00. The molecule has 0 amide bonds. The molecular weight excluding hydrogens is 224 g/mol. The zero-order valence-electron chi connectivity index (χ0n) is 11.7. The highest BCUT2D eigenvalue weighted by Gasteiger charge is 2.22. The van der Waals surface area contributed by atoms with E-state index in [2.05, 4.69) is 40.3 Å². The molecule has 0 bridgehead atoms. The molecule has 0 aliphatic carbocycles. The van der Waals surface area contributed by atoms with Gasteiger partial charge in [0.2, 0.25) is 0 Å². The summed E-state index contributed by atoms with van der Waals surface area (Å²) in [5, 5.41) is 3.21. The van der Waals surface area contributed by atoms with Crippen LogP contribution in [-0.2, 0) is 6.54 Å². The lowest BCUT2D eigenvalue weighted by molar-refractivity contribution is 0.248. The molecule has 18 heavy (non-hydrogen) atoms. The highest BCUT2D eigenvalue weighted by Crippen LogP contribution is 2.23. The molecule has 2 rings (SSSR count). The molecule has 4 heteroatoms. The summed E-state index contributed by atoms with van der Waals surface area (Å²) in [5.74, 6) is 0. The number of rotatable bonds is 4. The van der Waals surface area contributed by atoms with Crippen LogP contribution in [0.3, 0.4) is 0 Å². The van der Waals surface area contributed by atoms with Gasteiger partial charge < -0.3 is 15.1 Å². The lowest BCUT2D eigenvalue weighted by Crippen LogP contribution is -2.45. The molecule has 4 nitrogen and oxygen atoms in total. The summed E-state index contributed by atoms with van der Waals surface area (Å²) in [6, 6.07) is 2.74. The van der Waals surface area contributed by atoms with Crippen LogP contribution in [0.4, 0.5) is 5.69 Å². The summed E-state index contributed by atoms with van der Waals surface area (Å²) in [4.78, 5) is 9.07. The molecule has 1 aliphatic heterocycles. The Hall–Kier alpha value is -1.13. The van der Waals surface area contributed by atoms with Crippen molar-refractivity contribution in [3.8, 4) is 0 Å². The van der Waals surface area contributed by atoms with Crippen LogP contribution in [0.15, 0.2) is 18.5 Å². The van der Waals surface area contributed by atoms with Gasteiger partial charge in [-0.1, -0.05) is 0 Å². The molecular formula is C14H24N4. The van der Waals surface area contributed by atoms with Crippen LogP contribution in [0.25, 0.3) is 0 Å². The second-order valence-electron chi connectivity index (χ2n) is 5.20. The van der Waals surface area contributed by atoms with Gasteiger partial charge in [0.15, 0.2) is 0 Å². The number of likely N-dealkylation sites (N-methyl/N-ethyl adjacent to an activating group) is 2. The van der Waals surface area contributed by atoms with Crippen LogP contribution in [0.2, 0.25) is 0 Å². The maximum atomic E-state index is 4.23. The quantitative estimate of drug-likeness (QED) is 0.871. The highest BCUT2D eigenvalue weighted by atomic mass is 15.2. The van der Waals surface area contributed by atoms with Gasteiger partial charge in [0, 0.05) is 49.8 Å². The van der Waals surface area contributed by atoms with E-state index in [1.807, 2.05) is 19.4 Å². The number of nitrogens with zero attached hydrogens (tertiary/aromatic N) is 3. The Bertz CT molecular complexity index is 380. The molecule has 1 aliphatic rings. The smallest absolute Gasteiger partial charge is 0.0443 e. The minimum atomic E-state index is 0.613. The number of nitrogens with one attached hydrogen (secondary N) is 1. The molecule has 1 N–H and O–H groups in total. The largest absolute Gasteiger partial charge is 0.370 e. The van der Waals surface area contributed by atoms with Crippen molar-refractivity contribution in [3.05, 3.63) is 24.0 Å². The average molecular weight is 248 g/mol. The second-order valence-corrected chi connectivity index (χ2v) is 5.20.